The molecule has 1 aromatic carbocycles. The molecule has 1 amide bonds. The fourth-order valence-corrected chi connectivity index (χ4v) is 9.83. The number of aliphatic imine (C=N–C) groups is 1. The van der Waals surface area contributed by atoms with Gasteiger partial charge in [0.15, 0.2) is 26.5 Å². The van der Waals surface area contributed by atoms with Gasteiger partial charge in [-0.15, -0.1) is 0 Å². The molecule has 7 nitrogen and oxygen atoms in total. The van der Waals surface area contributed by atoms with E-state index in [1.165, 1.54) is 31.0 Å². The lowest BCUT2D eigenvalue weighted by Crippen LogP contribution is -2.47. The number of carbonyl (C=O) groups is 1. The Bertz CT molecular complexity index is 1020. The summed E-state index contributed by atoms with van der Waals surface area (Å²) >= 11 is 1.49. The Morgan fingerprint density at radius 1 is 1.13 bits per heavy atom. The first-order valence-corrected chi connectivity index (χ1v) is 13.5. The van der Waals surface area contributed by atoms with Crippen molar-refractivity contribution in [2.45, 2.75) is 49.4 Å². The van der Waals surface area contributed by atoms with Crippen LogP contribution in [0.15, 0.2) is 23.2 Å². The van der Waals surface area contributed by atoms with Crippen LogP contribution in [0.5, 0.6) is 11.5 Å². The summed E-state index contributed by atoms with van der Waals surface area (Å²) in [6, 6.07) is 5.70. The first-order chi connectivity index (χ1) is 14.9. The number of thioether (sulfide) groups is 1. The van der Waals surface area contributed by atoms with E-state index in [9.17, 15) is 13.2 Å². The highest BCUT2D eigenvalue weighted by Gasteiger charge is 2.54. The minimum Gasteiger partial charge on any atom is -0.493 e. The summed E-state index contributed by atoms with van der Waals surface area (Å²) in [4.78, 5) is 19.6. The molecule has 0 aromatic heterocycles. The molecule has 2 aliphatic carbocycles. The molecule has 9 heteroatoms. The van der Waals surface area contributed by atoms with E-state index in [-0.39, 0.29) is 35.1 Å². The average molecular weight is 465 g/mol. The van der Waals surface area contributed by atoms with Gasteiger partial charge in [-0.1, -0.05) is 24.2 Å². The molecule has 4 aliphatic rings. The lowest BCUT2D eigenvalue weighted by atomic mass is 9.93. The van der Waals surface area contributed by atoms with E-state index in [0.29, 0.717) is 23.5 Å². The van der Waals surface area contributed by atoms with E-state index >= 15 is 0 Å². The molecule has 2 saturated heterocycles. The van der Waals surface area contributed by atoms with Gasteiger partial charge in [0.1, 0.15) is 0 Å². The number of carbonyl (C=O) groups excluding carboxylic acids is 1. The minimum atomic E-state index is -3.02. The van der Waals surface area contributed by atoms with Crippen LogP contribution < -0.4 is 9.47 Å². The van der Waals surface area contributed by atoms with Crippen LogP contribution in [0.3, 0.4) is 0 Å². The standard InChI is InChI=1S/C22H28N2O5S2/c1-28-18-6-4-14(9-19(18)29-2)10-21(25)23-22-24(16-8-13-3-5-15(16)7-13)17-11-31(26,27)12-20(17)30-22/h4,6,9,13,15-17,20H,3,5,7-8,10-12H2,1-2H3/t13-,15-,16-,17-,20+/m0/s1. The number of ether oxygens (including phenoxy) is 2. The second-order valence-corrected chi connectivity index (χ2v) is 12.5. The number of fused-ring (bicyclic) bond motifs is 3. The van der Waals surface area contributed by atoms with Gasteiger partial charge in [0.2, 0.25) is 0 Å². The maximum absolute atomic E-state index is 12.9. The van der Waals surface area contributed by atoms with Gasteiger partial charge >= 0.3 is 0 Å². The van der Waals surface area contributed by atoms with Crippen LogP contribution in [-0.4, -0.2) is 67.5 Å². The Hall–Kier alpha value is -1.74. The van der Waals surface area contributed by atoms with Crippen LogP contribution in [0.1, 0.15) is 31.2 Å². The molecule has 31 heavy (non-hydrogen) atoms. The van der Waals surface area contributed by atoms with Crippen LogP contribution in [0.4, 0.5) is 0 Å². The Kier molecular flexibility index (Phi) is 5.45. The molecule has 0 N–H and O–H groups in total. The highest BCUT2D eigenvalue weighted by Crippen LogP contribution is 2.51. The van der Waals surface area contributed by atoms with E-state index in [2.05, 4.69) is 9.89 Å². The first-order valence-electron chi connectivity index (χ1n) is 10.8. The molecule has 0 radical (unpaired) electrons. The fraction of sp³-hybridized carbons (Fsp3) is 0.636. The summed E-state index contributed by atoms with van der Waals surface area (Å²) in [5.41, 5.74) is 0.809. The first kappa shape index (κ1) is 21.1. The molecule has 0 spiro atoms. The summed E-state index contributed by atoms with van der Waals surface area (Å²) < 4.78 is 35.2. The Morgan fingerprint density at radius 2 is 1.94 bits per heavy atom. The normalized spacial score (nSPS) is 34.3. The highest BCUT2D eigenvalue weighted by atomic mass is 32.2. The number of benzene rings is 1. The number of amidine groups is 1. The van der Waals surface area contributed by atoms with Crippen molar-refractivity contribution >= 4 is 32.7 Å². The van der Waals surface area contributed by atoms with Crippen LogP contribution >= 0.6 is 11.8 Å². The lowest BCUT2D eigenvalue weighted by Gasteiger charge is -2.36. The van der Waals surface area contributed by atoms with Crippen molar-refractivity contribution in [3.8, 4) is 11.5 Å². The van der Waals surface area contributed by atoms with Gasteiger partial charge in [-0.3, -0.25) is 4.79 Å². The van der Waals surface area contributed by atoms with Gasteiger partial charge in [0.25, 0.3) is 5.91 Å². The molecular weight excluding hydrogens is 436 g/mol. The third-order valence-electron chi connectivity index (χ3n) is 7.19. The van der Waals surface area contributed by atoms with Gasteiger partial charge in [-0.05, 0) is 48.8 Å². The SMILES string of the molecule is COc1ccc(CC(=O)N=C2S[C@@H]3CS(=O)(=O)C[C@@H]3N2[C@H]2C[C@H]3CC[C@H]2C3)cc1OC. The Morgan fingerprint density at radius 3 is 2.61 bits per heavy atom. The summed E-state index contributed by atoms with van der Waals surface area (Å²) in [6.07, 6.45) is 4.97. The second kappa shape index (κ2) is 7.99. The van der Waals surface area contributed by atoms with E-state index < -0.39 is 9.84 Å². The molecule has 2 aliphatic heterocycles. The smallest absolute Gasteiger partial charge is 0.252 e. The third-order valence-corrected chi connectivity index (χ3v) is 10.4. The predicted octanol–water partition coefficient (Wildman–Crippen LogP) is 2.53. The van der Waals surface area contributed by atoms with Gasteiger partial charge < -0.3 is 14.4 Å². The van der Waals surface area contributed by atoms with Crippen molar-refractivity contribution < 1.29 is 22.7 Å². The molecule has 5 atom stereocenters. The Labute approximate surface area is 187 Å². The molecule has 2 heterocycles. The summed E-state index contributed by atoms with van der Waals surface area (Å²) in [7, 11) is 0.121. The molecule has 5 rings (SSSR count). The predicted molar refractivity (Wildman–Crippen MR) is 121 cm³/mol. The maximum atomic E-state index is 12.9. The molecule has 0 unspecified atom stereocenters. The number of rotatable bonds is 5. The number of hydrogen-bond donors (Lipinski definition) is 0. The summed E-state index contributed by atoms with van der Waals surface area (Å²) in [5.74, 6) is 2.68. The van der Waals surface area contributed by atoms with Crippen LogP contribution in [-0.2, 0) is 21.1 Å². The monoisotopic (exact) mass is 464 g/mol. The van der Waals surface area contributed by atoms with Crippen molar-refractivity contribution in [2.24, 2.45) is 16.8 Å². The quantitative estimate of drug-likeness (QED) is 0.662. The minimum absolute atomic E-state index is 0.0169. The maximum Gasteiger partial charge on any atom is 0.252 e. The third kappa shape index (κ3) is 3.95. The van der Waals surface area contributed by atoms with Crippen molar-refractivity contribution in [3.63, 3.8) is 0 Å². The van der Waals surface area contributed by atoms with E-state index in [1.54, 1.807) is 26.4 Å². The number of amides is 1. The van der Waals surface area contributed by atoms with Crippen molar-refractivity contribution in [2.75, 3.05) is 25.7 Å². The largest absolute Gasteiger partial charge is 0.493 e. The molecule has 4 fully saturated rings. The van der Waals surface area contributed by atoms with E-state index in [4.69, 9.17) is 9.47 Å². The lowest BCUT2D eigenvalue weighted by molar-refractivity contribution is -0.117. The molecular formula is C22H28N2O5S2. The van der Waals surface area contributed by atoms with Crippen molar-refractivity contribution in [1.82, 2.24) is 4.90 Å². The van der Waals surface area contributed by atoms with Crippen molar-refractivity contribution in [1.29, 1.82) is 0 Å². The van der Waals surface area contributed by atoms with Crippen LogP contribution in [0.2, 0.25) is 0 Å². The number of methoxy groups -OCH3 is 2. The molecule has 2 bridgehead atoms. The summed E-state index contributed by atoms with van der Waals surface area (Å²) in [5, 5.41) is 0.713. The molecule has 2 saturated carbocycles. The summed E-state index contributed by atoms with van der Waals surface area (Å²) in [6.45, 7) is 0. The van der Waals surface area contributed by atoms with Gasteiger partial charge in [-0.2, -0.15) is 4.99 Å². The number of nitrogens with zero attached hydrogens (tertiary/aromatic N) is 2. The Balaban J connectivity index is 1.38. The fourth-order valence-electron chi connectivity index (χ4n) is 5.84. The second-order valence-electron chi connectivity index (χ2n) is 9.10. The van der Waals surface area contributed by atoms with Gasteiger partial charge in [-0.25, -0.2) is 8.42 Å². The van der Waals surface area contributed by atoms with Gasteiger partial charge in [0.05, 0.1) is 38.2 Å². The topological polar surface area (TPSA) is 85.3 Å². The van der Waals surface area contributed by atoms with E-state index in [0.717, 1.165) is 23.1 Å². The zero-order valence-corrected chi connectivity index (χ0v) is 19.5. The zero-order valence-electron chi connectivity index (χ0n) is 17.8. The molecule has 1 aromatic rings. The zero-order chi connectivity index (χ0) is 21.8. The molecule has 168 valence electrons. The van der Waals surface area contributed by atoms with Crippen molar-refractivity contribution in [3.05, 3.63) is 23.8 Å². The number of hydrogen-bond acceptors (Lipinski definition) is 6. The van der Waals surface area contributed by atoms with E-state index in [1.807, 2.05) is 6.07 Å². The van der Waals surface area contributed by atoms with Gasteiger partial charge in [0, 0.05) is 11.3 Å². The van der Waals surface area contributed by atoms with Crippen LogP contribution in [0.25, 0.3) is 0 Å². The number of sulfone groups is 1. The highest BCUT2D eigenvalue weighted by molar-refractivity contribution is 8.15. The van der Waals surface area contributed by atoms with Crippen LogP contribution in [0, 0.1) is 11.8 Å². The average Bonchev–Trinajstić information content (AvgIpc) is 3.47.